The van der Waals surface area contributed by atoms with Crippen molar-refractivity contribution in [1.82, 2.24) is 20.5 Å². The summed E-state index contributed by atoms with van der Waals surface area (Å²) in [6.45, 7) is 4.05. The molecule has 1 heterocycles. The number of carbonyl (C=O) groups excluding carboxylic acids is 1. The van der Waals surface area contributed by atoms with E-state index in [2.05, 4.69) is 39.6 Å². The van der Waals surface area contributed by atoms with E-state index in [0.717, 1.165) is 12.0 Å². The largest absolute Gasteiger partial charge is 0.343 e. The van der Waals surface area contributed by atoms with Gasteiger partial charge in [-0.25, -0.2) is 4.98 Å². The molecular weight excluding hydrogens is 228 g/mol. The van der Waals surface area contributed by atoms with E-state index in [-0.39, 0.29) is 17.8 Å². The Hall–Kier alpha value is -2.17. The van der Waals surface area contributed by atoms with Crippen molar-refractivity contribution in [3.63, 3.8) is 0 Å². The van der Waals surface area contributed by atoms with Crippen molar-refractivity contribution in [3.05, 3.63) is 47.5 Å². The Morgan fingerprint density at radius 2 is 2.11 bits per heavy atom. The van der Waals surface area contributed by atoms with Gasteiger partial charge in [-0.15, -0.1) is 0 Å². The van der Waals surface area contributed by atoms with Crippen LogP contribution in [0.2, 0.25) is 0 Å². The van der Waals surface area contributed by atoms with Crippen LogP contribution < -0.4 is 5.32 Å². The lowest BCUT2D eigenvalue weighted by atomic mass is 10.1. The van der Waals surface area contributed by atoms with Gasteiger partial charge in [0.05, 0.1) is 6.04 Å². The van der Waals surface area contributed by atoms with Crippen molar-refractivity contribution in [3.8, 4) is 0 Å². The van der Waals surface area contributed by atoms with Crippen LogP contribution in [0.3, 0.4) is 0 Å². The van der Waals surface area contributed by atoms with Crippen molar-refractivity contribution in [2.24, 2.45) is 0 Å². The number of aromatic amines is 1. The molecule has 0 aliphatic rings. The number of benzene rings is 1. The highest BCUT2D eigenvalue weighted by atomic mass is 16.2. The van der Waals surface area contributed by atoms with Crippen molar-refractivity contribution >= 4 is 5.91 Å². The number of amides is 1. The Morgan fingerprint density at radius 1 is 1.39 bits per heavy atom. The highest BCUT2D eigenvalue weighted by Gasteiger charge is 2.13. The molecule has 0 unspecified atom stereocenters. The molecule has 94 valence electrons. The van der Waals surface area contributed by atoms with Crippen LogP contribution in [0.5, 0.6) is 0 Å². The molecule has 0 spiro atoms. The third kappa shape index (κ3) is 2.74. The number of carbonyl (C=O) groups is 1. The van der Waals surface area contributed by atoms with Gasteiger partial charge in [0.25, 0.3) is 5.91 Å². The second-order valence-corrected chi connectivity index (χ2v) is 4.12. The summed E-state index contributed by atoms with van der Waals surface area (Å²) in [6, 6.07) is 8.15. The molecule has 0 saturated carbocycles. The summed E-state index contributed by atoms with van der Waals surface area (Å²) in [7, 11) is 0. The van der Waals surface area contributed by atoms with Crippen molar-refractivity contribution < 1.29 is 4.79 Å². The first-order chi connectivity index (χ1) is 8.70. The summed E-state index contributed by atoms with van der Waals surface area (Å²) in [4.78, 5) is 15.6. The van der Waals surface area contributed by atoms with Gasteiger partial charge in [-0.1, -0.05) is 31.2 Å². The lowest BCUT2D eigenvalue weighted by Gasteiger charge is -2.13. The molecule has 2 aromatic rings. The summed E-state index contributed by atoms with van der Waals surface area (Å²) < 4.78 is 0. The molecule has 18 heavy (non-hydrogen) atoms. The molecule has 2 rings (SSSR count). The zero-order valence-corrected chi connectivity index (χ0v) is 10.5. The monoisotopic (exact) mass is 244 g/mol. The predicted octanol–water partition coefficient (Wildman–Crippen LogP) is 1.86. The first-order valence-electron chi connectivity index (χ1n) is 5.95. The van der Waals surface area contributed by atoms with E-state index in [9.17, 15) is 4.79 Å². The Kier molecular flexibility index (Phi) is 3.72. The first-order valence-corrected chi connectivity index (χ1v) is 5.95. The van der Waals surface area contributed by atoms with Gasteiger partial charge in [0.2, 0.25) is 5.82 Å². The summed E-state index contributed by atoms with van der Waals surface area (Å²) in [6.07, 6.45) is 2.33. The molecule has 1 aromatic heterocycles. The van der Waals surface area contributed by atoms with E-state index < -0.39 is 0 Å². The van der Waals surface area contributed by atoms with Crippen LogP contribution in [0, 0.1) is 0 Å². The second-order valence-electron chi connectivity index (χ2n) is 4.12. The third-order valence-corrected chi connectivity index (χ3v) is 2.87. The number of nitrogens with one attached hydrogen (secondary N) is 2. The van der Waals surface area contributed by atoms with Crippen LogP contribution in [0.15, 0.2) is 30.6 Å². The number of hydrogen-bond donors (Lipinski definition) is 2. The van der Waals surface area contributed by atoms with Crippen molar-refractivity contribution in [2.75, 3.05) is 0 Å². The van der Waals surface area contributed by atoms with E-state index in [0.29, 0.717) is 0 Å². The van der Waals surface area contributed by atoms with Crippen LogP contribution in [0.25, 0.3) is 0 Å². The lowest BCUT2D eigenvalue weighted by molar-refractivity contribution is 0.0930. The molecule has 0 aliphatic heterocycles. The fraction of sp³-hybridized carbons (Fsp3) is 0.308. The molecule has 1 atom stereocenters. The normalized spacial score (nSPS) is 12.1. The maximum absolute atomic E-state index is 11.8. The summed E-state index contributed by atoms with van der Waals surface area (Å²) >= 11 is 0. The summed E-state index contributed by atoms with van der Waals surface area (Å²) in [5.74, 6) is -0.0217. The number of rotatable bonds is 4. The van der Waals surface area contributed by atoms with Gasteiger partial charge >= 0.3 is 0 Å². The van der Waals surface area contributed by atoms with Crippen molar-refractivity contribution in [1.29, 1.82) is 0 Å². The molecule has 5 heteroatoms. The average molecular weight is 244 g/mol. The number of nitrogens with zero attached hydrogens (tertiary/aromatic N) is 2. The third-order valence-electron chi connectivity index (χ3n) is 2.87. The number of hydrogen-bond acceptors (Lipinski definition) is 3. The maximum Gasteiger partial charge on any atom is 0.289 e. The highest BCUT2D eigenvalue weighted by Crippen LogP contribution is 2.14. The fourth-order valence-corrected chi connectivity index (χ4v) is 1.71. The Labute approximate surface area is 106 Å². The number of H-pyrrole nitrogens is 1. The van der Waals surface area contributed by atoms with Crippen LogP contribution in [0.4, 0.5) is 0 Å². The van der Waals surface area contributed by atoms with E-state index >= 15 is 0 Å². The molecule has 1 amide bonds. The minimum absolute atomic E-state index is 0.0616. The quantitative estimate of drug-likeness (QED) is 0.862. The smallest absolute Gasteiger partial charge is 0.289 e. The van der Waals surface area contributed by atoms with Crippen LogP contribution in [0.1, 0.15) is 41.6 Å². The zero-order valence-electron chi connectivity index (χ0n) is 10.5. The molecule has 1 aromatic carbocycles. The summed E-state index contributed by atoms with van der Waals surface area (Å²) in [5.41, 5.74) is 2.35. The fourth-order valence-electron chi connectivity index (χ4n) is 1.71. The molecule has 0 saturated heterocycles. The molecule has 0 radical (unpaired) electrons. The summed E-state index contributed by atoms with van der Waals surface area (Å²) in [5, 5.41) is 9.05. The standard InChI is InChI=1S/C13H16N4O/c1-3-10-4-6-11(7-5-10)9(2)16-13(18)12-14-8-15-17-12/h4-9H,3H2,1-2H3,(H,16,18)(H,14,15,17)/t9-/m1/s1. The van der Waals surface area contributed by atoms with Gasteiger partial charge in [0, 0.05) is 0 Å². The predicted molar refractivity (Wildman–Crippen MR) is 68.1 cm³/mol. The number of aromatic nitrogens is 3. The molecule has 0 fully saturated rings. The number of aryl methyl sites for hydroxylation is 1. The van der Waals surface area contributed by atoms with E-state index in [1.54, 1.807) is 0 Å². The van der Waals surface area contributed by atoms with Gasteiger partial charge in [0.1, 0.15) is 6.33 Å². The SMILES string of the molecule is CCc1ccc([C@@H](C)NC(=O)c2ncn[nH]2)cc1. The van der Waals surface area contributed by atoms with Gasteiger partial charge < -0.3 is 5.32 Å². The van der Waals surface area contributed by atoms with Gasteiger partial charge in [-0.05, 0) is 24.5 Å². The maximum atomic E-state index is 11.8. The Bertz CT molecular complexity index is 504. The molecular formula is C13H16N4O. The van der Waals surface area contributed by atoms with Crippen LogP contribution in [-0.4, -0.2) is 21.1 Å². The zero-order chi connectivity index (χ0) is 13.0. The Balaban J connectivity index is 2.02. The molecule has 2 N–H and O–H groups in total. The van der Waals surface area contributed by atoms with E-state index in [1.807, 2.05) is 19.1 Å². The van der Waals surface area contributed by atoms with Crippen LogP contribution >= 0.6 is 0 Å². The highest BCUT2D eigenvalue weighted by molar-refractivity contribution is 5.90. The average Bonchev–Trinajstić information content (AvgIpc) is 2.92. The first kappa shape index (κ1) is 12.3. The second kappa shape index (κ2) is 5.44. The Morgan fingerprint density at radius 3 is 2.67 bits per heavy atom. The minimum Gasteiger partial charge on any atom is -0.343 e. The molecule has 0 bridgehead atoms. The van der Waals surface area contributed by atoms with Gasteiger partial charge in [-0.3, -0.25) is 9.89 Å². The minimum atomic E-state index is -0.250. The lowest BCUT2D eigenvalue weighted by Crippen LogP contribution is -2.27. The van der Waals surface area contributed by atoms with E-state index in [1.165, 1.54) is 11.9 Å². The van der Waals surface area contributed by atoms with E-state index in [4.69, 9.17) is 0 Å². The molecule has 0 aliphatic carbocycles. The van der Waals surface area contributed by atoms with Gasteiger partial charge in [0.15, 0.2) is 0 Å². The van der Waals surface area contributed by atoms with Crippen LogP contribution in [-0.2, 0) is 6.42 Å². The van der Waals surface area contributed by atoms with Gasteiger partial charge in [-0.2, -0.15) is 5.10 Å². The topological polar surface area (TPSA) is 70.7 Å². The molecule has 5 nitrogen and oxygen atoms in total. The van der Waals surface area contributed by atoms with Crippen molar-refractivity contribution in [2.45, 2.75) is 26.3 Å².